The molecule has 0 aliphatic heterocycles. The van der Waals surface area contributed by atoms with Crippen LogP contribution in [0.3, 0.4) is 0 Å². The van der Waals surface area contributed by atoms with Crippen molar-refractivity contribution in [2.24, 2.45) is 0 Å². The Kier molecular flexibility index (Phi) is 2.30. The summed E-state index contributed by atoms with van der Waals surface area (Å²) in [5, 5.41) is 8.63. The number of benzene rings is 1. The molecule has 0 N–H and O–H groups in total. The van der Waals surface area contributed by atoms with Crippen LogP contribution in [0.2, 0.25) is 0 Å². The molecule has 0 radical (unpaired) electrons. The molecule has 0 saturated heterocycles. The van der Waals surface area contributed by atoms with Gasteiger partial charge in [0.15, 0.2) is 0 Å². The van der Waals surface area contributed by atoms with Crippen LogP contribution in [0.5, 0.6) is 0 Å². The monoisotopic (exact) mass is 203 g/mol. The Bertz CT molecular complexity index is 496. The molecule has 1 nitrogen and oxygen atoms in total. The molecule has 3 heteroatoms. The number of thiophene rings is 1. The van der Waals surface area contributed by atoms with Gasteiger partial charge in [-0.25, -0.2) is 4.39 Å². The van der Waals surface area contributed by atoms with Crippen LogP contribution in [0.15, 0.2) is 36.4 Å². The van der Waals surface area contributed by atoms with Crippen molar-refractivity contribution in [2.75, 3.05) is 0 Å². The Morgan fingerprint density at radius 2 is 1.93 bits per heavy atom. The second kappa shape index (κ2) is 3.60. The highest BCUT2D eigenvalue weighted by molar-refractivity contribution is 7.16. The summed E-state index contributed by atoms with van der Waals surface area (Å²) < 4.78 is 13.3. The highest BCUT2D eigenvalue weighted by atomic mass is 32.1. The smallest absolute Gasteiger partial charge is 0.131 e. The molecule has 68 valence electrons. The fourth-order valence-electron chi connectivity index (χ4n) is 1.20. The zero-order chi connectivity index (χ0) is 9.97. The van der Waals surface area contributed by atoms with Crippen molar-refractivity contribution < 1.29 is 4.39 Å². The van der Waals surface area contributed by atoms with E-state index in [4.69, 9.17) is 5.26 Å². The lowest BCUT2D eigenvalue weighted by atomic mass is 10.2. The van der Waals surface area contributed by atoms with Crippen molar-refractivity contribution in [1.82, 2.24) is 0 Å². The molecule has 0 bridgehead atoms. The second-order valence-electron chi connectivity index (χ2n) is 2.76. The molecule has 0 aliphatic carbocycles. The highest BCUT2D eigenvalue weighted by Gasteiger charge is 2.06. The van der Waals surface area contributed by atoms with E-state index in [1.165, 1.54) is 17.4 Å². The van der Waals surface area contributed by atoms with Gasteiger partial charge in [-0.3, -0.25) is 0 Å². The lowest BCUT2D eigenvalue weighted by molar-refractivity contribution is 0.631. The maximum Gasteiger partial charge on any atom is 0.131 e. The molecule has 1 aromatic heterocycles. The summed E-state index contributed by atoms with van der Waals surface area (Å²) in [5.41, 5.74) is 0.555. The van der Waals surface area contributed by atoms with Gasteiger partial charge >= 0.3 is 0 Å². The van der Waals surface area contributed by atoms with E-state index >= 15 is 0 Å². The Labute approximate surface area is 85.1 Å². The van der Waals surface area contributed by atoms with E-state index in [-0.39, 0.29) is 5.82 Å². The third kappa shape index (κ3) is 1.52. The number of rotatable bonds is 1. The summed E-state index contributed by atoms with van der Waals surface area (Å²) in [6.45, 7) is 0. The summed E-state index contributed by atoms with van der Waals surface area (Å²) in [6, 6.07) is 12.1. The van der Waals surface area contributed by atoms with E-state index in [1.54, 1.807) is 30.3 Å². The summed E-state index contributed by atoms with van der Waals surface area (Å²) in [4.78, 5) is 1.39. The van der Waals surface area contributed by atoms with Gasteiger partial charge in [-0.05, 0) is 18.2 Å². The summed E-state index contributed by atoms with van der Waals surface area (Å²) in [5.74, 6) is -0.251. The van der Waals surface area contributed by atoms with Gasteiger partial charge in [0.05, 0.1) is 0 Å². The molecule has 0 amide bonds. The summed E-state index contributed by atoms with van der Waals surface area (Å²) in [6.07, 6.45) is 0. The van der Waals surface area contributed by atoms with Crippen molar-refractivity contribution in [3.63, 3.8) is 0 Å². The molecule has 2 aromatic rings. The van der Waals surface area contributed by atoms with Crippen LogP contribution < -0.4 is 0 Å². The first-order valence-corrected chi connectivity index (χ1v) is 4.88. The maximum atomic E-state index is 13.3. The molecule has 2 rings (SSSR count). The molecule has 0 aliphatic rings. The summed E-state index contributed by atoms with van der Waals surface area (Å²) >= 11 is 1.30. The molecule has 14 heavy (non-hydrogen) atoms. The average Bonchev–Trinajstić information content (AvgIpc) is 2.67. The van der Waals surface area contributed by atoms with Gasteiger partial charge < -0.3 is 0 Å². The standard InChI is InChI=1S/C11H6FNS/c12-10-4-2-1-3-9(10)11-6-5-8(7-13)14-11/h1-6H. The summed E-state index contributed by atoms with van der Waals surface area (Å²) in [7, 11) is 0. The van der Waals surface area contributed by atoms with Crippen molar-refractivity contribution >= 4 is 11.3 Å². The Morgan fingerprint density at radius 1 is 1.14 bits per heavy atom. The minimum Gasteiger partial charge on any atom is -0.206 e. The van der Waals surface area contributed by atoms with Crippen molar-refractivity contribution in [2.45, 2.75) is 0 Å². The van der Waals surface area contributed by atoms with Gasteiger partial charge in [0.25, 0.3) is 0 Å². The second-order valence-corrected chi connectivity index (χ2v) is 3.84. The predicted octanol–water partition coefficient (Wildman–Crippen LogP) is 3.43. The van der Waals surface area contributed by atoms with Crippen molar-refractivity contribution in [1.29, 1.82) is 5.26 Å². The fourth-order valence-corrected chi connectivity index (χ4v) is 2.03. The highest BCUT2D eigenvalue weighted by Crippen LogP contribution is 2.29. The zero-order valence-corrected chi connectivity index (χ0v) is 8.01. The lowest BCUT2D eigenvalue weighted by Crippen LogP contribution is -1.78. The largest absolute Gasteiger partial charge is 0.206 e. The zero-order valence-electron chi connectivity index (χ0n) is 7.20. The van der Waals surface area contributed by atoms with Crippen LogP contribution >= 0.6 is 11.3 Å². The van der Waals surface area contributed by atoms with Gasteiger partial charge in [0.2, 0.25) is 0 Å². The van der Waals surface area contributed by atoms with E-state index in [0.29, 0.717) is 10.4 Å². The van der Waals surface area contributed by atoms with E-state index in [1.807, 2.05) is 6.07 Å². The Hall–Kier alpha value is -1.66. The van der Waals surface area contributed by atoms with Crippen LogP contribution in [0.25, 0.3) is 10.4 Å². The third-order valence-corrected chi connectivity index (χ3v) is 2.88. The number of nitrogens with zero attached hydrogens (tertiary/aromatic N) is 1. The molecule has 1 aromatic carbocycles. The van der Waals surface area contributed by atoms with Crippen LogP contribution in [0.4, 0.5) is 4.39 Å². The first kappa shape index (κ1) is 8.92. The first-order valence-electron chi connectivity index (χ1n) is 4.06. The molecule has 1 heterocycles. The maximum absolute atomic E-state index is 13.3. The van der Waals surface area contributed by atoms with E-state index < -0.39 is 0 Å². The van der Waals surface area contributed by atoms with E-state index in [2.05, 4.69) is 0 Å². The van der Waals surface area contributed by atoms with Gasteiger partial charge in [-0.1, -0.05) is 18.2 Å². The SMILES string of the molecule is N#Cc1ccc(-c2ccccc2F)s1. The quantitative estimate of drug-likeness (QED) is 0.696. The predicted molar refractivity (Wildman–Crippen MR) is 54.4 cm³/mol. The third-order valence-electron chi connectivity index (χ3n) is 1.86. The number of hydrogen-bond donors (Lipinski definition) is 0. The number of hydrogen-bond acceptors (Lipinski definition) is 2. The van der Waals surface area contributed by atoms with E-state index in [9.17, 15) is 4.39 Å². The van der Waals surface area contributed by atoms with Crippen molar-refractivity contribution in [3.05, 3.63) is 47.1 Å². The number of nitriles is 1. The normalized spacial score (nSPS) is 9.71. The fraction of sp³-hybridized carbons (Fsp3) is 0. The first-order chi connectivity index (χ1) is 6.81. The van der Waals surface area contributed by atoms with Crippen molar-refractivity contribution in [3.8, 4) is 16.5 Å². The molecular formula is C11H6FNS. The molecule has 0 spiro atoms. The van der Waals surface area contributed by atoms with Crippen LogP contribution in [0, 0.1) is 17.1 Å². The van der Waals surface area contributed by atoms with Gasteiger partial charge in [-0.2, -0.15) is 5.26 Å². The molecule has 0 saturated carbocycles. The van der Waals surface area contributed by atoms with Gasteiger partial charge in [0, 0.05) is 10.4 Å². The van der Waals surface area contributed by atoms with Gasteiger partial charge in [-0.15, -0.1) is 11.3 Å². The van der Waals surface area contributed by atoms with Crippen LogP contribution in [0.1, 0.15) is 4.88 Å². The molecule has 0 atom stereocenters. The van der Waals surface area contributed by atoms with Crippen LogP contribution in [-0.4, -0.2) is 0 Å². The van der Waals surface area contributed by atoms with Crippen LogP contribution in [-0.2, 0) is 0 Å². The molecule has 0 unspecified atom stereocenters. The minimum absolute atomic E-state index is 0.251. The average molecular weight is 203 g/mol. The Balaban J connectivity index is 2.51. The molecular weight excluding hydrogens is 197 g/mol. The molecule has 0 fully saturated rings. The number of halogens is 1. The van der Waals surface area contributed by atoms with Gasteiger partial charge in [0.1, 0.15) is 16.8 Å². The van der Waals surface area contributed by atoms with E-state index in [0.717, 1.165) is 4.88 Å². The lowest BCUT2D eigenvalue weighted by Gasteiger charge is -1.97. The minimum atomic E-state index is -0.251. The topological polar surface area (TPSA) is 23.8 Å². The Morgan fingerprint density at radius 3 is 2.57 bits per heavy atom.